The quantitative estimate of drug-likeness (QED) is 0.650. The van der Waals surface area contributed by atoms with Crippen molar-refractivity contribution < 1.29 is 17.9 Å². The molecular formula is C9H10F3N3OS. The highest BCUT2D eigenvalue weighted by Gasteiger charge is 2.26. The molecule has 94 valence electrons. The maximum absolute atomic E-state index is 11.8. The van der Waals surface area contributed by atoms with Crippen molar-refractivity contribution in [2.45, 2.75) is 19.0 Å². The number of alkyl halides is 3. The summed E-state index contributed by atoms with van der Waals surface area (Å²) in [6.07, 6.45) is -3.85. The Kier molecular flexibility index (Phi) is 4.62. The van der Waals surface area contributed by atoms with E-state index >= 15 is 0 Å². The maximum atomic E-state index is 11.8. The third kappa shape index (κ3) is 5.43. The Morgan fingerprint density at radius 1 is 1.47 bits per heavy atom. The third-order valence-corrected chi connectivity index (χ3v) is 1.93. The van der Waals surface area contributed by atoms with Crippen LogP contribution >= 0.6 is 12.2 Å². The van der Waals surface area contributed by atoms with Gasteiger partial charge in [0.05, 0.1) is 6.61 Å². The molecule has 1 rings (SSSR count). The van der Waals surface area contributed by atoms with Crippen molar-refractivity contribution in [3.63, 3.8) is 0 Å². The molecule has 0 aliphatic rings. The van der Waals surface area contributed by atoms with Crippen LogP contribution in [0.15, 0.2) is 12.3 Å². The Bertz CT molecular complexity index is 397. The van der Waals surface area contributed by atoms with E-state index in [9.17, 15) is 13.2 Å². The SMILES string of the molecule is NC(=S)c1ccnc(OCCCC(F)(F)F)n1. The second-order valence-electron chi connectivity index (χ2n) is 3.16. The summed E-state index contributed by atoms with van der Waals surface area (Å²) in [4.78, 5) is 7.63. The van der Waals surface area contributed by atoms with Crippen LogP contribution in [0.1, 0.15) is 18.5 Å². The first kappa shape index (κ1) is 13.6. The molecule has 2 N–H and O–H groups in total. The number of nitrogens with zero attached hydrogens (tertiary/aromatic N) is 2. The first-order valence-electron chi connectivity index (χ1n) is 4.71. The predicted molar refractivity (Wildman–Crippen MR) is 58.7 cm³/mol. The Balaban J connectivity index is 2.42. The lowest BCUT2D eigenvalue weighted by atomic mass is 10.3. The minimum Gasteiger partial charge on any atom is -0.463 e. The highest BCUT2D eigenvalue weighted by Crippen LogP contribution is 2.21. The first-order valence-corrected chi connectivity index (χ1v) is 5.12. The number of hydrogen-bond acceptors (Lipinski definition) is 4. The van der Waals surface area contributed by atoms with Crippen LogP contribution in [0.2, 0.25) is 0 Å². The van der Waals surface area contributed by atoms with Gasteiger partial charge in [0.25, 0.3) is 0 Å². The van der Waals surface area contributed by atoms with Crippen LogP contribution in [0.4, 0.5) is 13.2 Å². The van der Waals surface area contributed by atoms with Crippen LogP contribution in [-0.4, -0.2) is 27.7 Å². The Morgan fingerprint density at radius 2 is 2.18 bits per heavy atom. The van der Waals surface area contributed by atoms with Gasteiger partial charge in [0.1, 0.15) is 10.7 Å². The lowest BCUT2D eigenvalue weighted by Gasteiger charge is -2.07. The molecule has 0 atom stereocenters. The van der Waals surface area contributed by atoms with E-state index in [1.165, 1.54) is 12.3 Å². The molecule has 1 aromatic heterocycles. The van der Waals surface area contributed by atoms with Crippen molar-refractivity contribution in [3.05, 3.63) is 18.0 Å². The molecule has 0 fully saturated rings. The normalized spacial score (nSPS) is 11.2. The highest BCUT2D eigenvalue weighted by atomic mass is 32.1. The molecule has 0 aliphatic heterocycles. The summed E-state index contributed by atoms with van der Waals surface area (Å²) in [5, 5.41) is 0. The maximum Gasteiger partial charge on any atom is 0.389 e. The summed E-state index contributed by atoms with van der Waals surface area (Å²) in [6, 6.07) is 1.46. The molecule has 0 saturated carbocycles. The summed E-state index contributed by atoms with van der Waals surface area (Å²) in [7, 11) is 0. The van der Waals surface area contributed by atoms with Gasteiger partial charge < -0.3 is 10.5 Å². The molecule has 0 aliphatic carbocycles. The number of thiocarbonyl (C=S) groups is 1. The molecule has 1 heterocycles. The van der Waals surface area contributed by atoms with Crippen LogP contribution in [0, 0.1) is 0 Å². The largest absolute Gasteiger partial charge is 0.463 e. The van der Waals surface area contributed by atoms with E-state index in [2.05, 4.69) is 22.2 Å². The zero-order chi connectivity index (χ0) is 12.9. The van der Waals surface area contributed by atoms with Gasteiger partial charge in [0.15, 0.2) is 0 Å². The molecular weight excluding hydrogens is 255 g/mol. The minimum atomic E-state index is -4.18. The predicted octanol–water partition coefficient (Wildman–Crippen LogP) is 1.83. The zero-order valence-electron chi connectivity index (χ0n) is 8.70. The molecule has 0 bridgehead atoms. The van der Waals surface area contributed by atoms with Crippen LogP contribution < -0.4 is 10.5 Å². The molecule has 0 radical (unpaired) electrons. The monoisotopic (exact) mass is 265 g/mol. The molecule has 1 aromatic rings. The van der Waals surface area contributed by atoms with E-state index in [1.807, 2.05) is 0 Å². The number of hydrogen-bond donors (Lipinski definition) is 1. The van der Waals surface area contributed by atoms with Crippen molar-refractivity contribution in [3.8, 4) is 6.01 Å². The number of ether oxygens (including phenoxy) is 1. The van der Waals surface area contributed by atoms with Gasteiger partial charge in [0, 0.05) is 12.6 Å². The lowest BCUT2D eigenvalue weighted by Crippen LogP contribution is -2.14. The number of aromatic nitrogens is 2. The summed E-state index contributed by atoms with van der Waals surface area (Å²) >= 11 is 4.69. The smallest absolute Gasteiger partial charge is 0.389 e. The van der Waals surface area contributed by atoms with Gasteiger partial charge in [-0.3, -0.25) is 0 Å². The van der Waals surface area contributed by atoms with E-state index in [4.69, 9.17) is 10.5 Å². The van der Waals surface area contributed by atoms with Gasteiger partial charge >= 0.3 is 12.2 Å². The summed E-state index contributed by atoms with van der Waals surface area (Å²) in [5.74, 6) is 0. The molecule has 17 heavy (non-hydrogen) atoms. The van der Waals surface area contributed by atoms with Gasteiger partial charge in [-0.05, 0) is 12.5 Å². The van der Waals surface area contributed by atoms with Gasteiger partial charge in [-0.2, -0.15) is 18.2 Å². The second-order valence-corrected chi connectivity index (χ2v) is 3.60. The van der Waals surface area contributed by atoms with Crippen molar-refractivity contribution in [1.82, 2.24) is 9.97 Å². The van der Waals surface area contributed by atoms with Crippen molar-refractivity contribution in [2.24, 2.45) is 5.73 Å². The van der Waals surface area contributed by atoms with E-state index in [0.29, 0.717) is 5.69 Å². The molecule has 4 nitrogen and oxygen atoms in total. The van der Waals surface area contributed by atoms with Gasteiger partial charge in [0.2, 0.25) is 0 Å². The number of halogens is 3. The van der Waals surface area contributed by atoms with Crippen LogP contribution in [0.25, 0.3) is 0 Å². The Hall–Kier alpha value is -1.44. The summed E-state index contributed by atoms with van der Waals surface area (Å²) in [5.41, 5.74) is 5.65. The third-order valence-electron chi connectivity index (χ3n) is 1.72. The highest BCUT2D eigenvalue weighted by molar-refractivity contribution is 7.80. The lowest BCUT2D eigenvalue weighted by molar-refractivity contribution is -0.136. The molecule has 0 aromatic carbocycles. The fraction of sp³-hybridized carbons (Fsp3) is 0.444. The topological polar surface area (TPSA) is 61.0 Å². The molecule has 0 unspecified atom stereocenters. The Morgan fingerprint density at radius 3 is 2.76 bits per heavy atom. The van der Waals surface area contributed by atoms with Gasteiger partial charge in [-0.1, -0.05) is 12.2 Å². The van der Waals surface area contributed by atoms with Crippen molar-refractivity contribution in [1.29, 1.82) is 0 Å². The standard InChI is InChI=1S/C9H10F3N3OS/c10-9(11,12)3-1-5-16-8-14-4-2-6(15-8)7(13)17/h2,4H,1,3,5H2,(H2,13,17). The number of rotatable bonds is 5. The van der Waals surface area contributed by atoms with E-state index in [0.717, 1.165) is 0 Å². The fourth-order valence-electron chi connectivity index (χ4n) is 0.984. The number of nitrogens with two attached hydrogens (primary N) is 1. The molecule has 0 amide bonds. The minimum absolute atomic E-state index is 0.0301. The molecule has 0 spiro atoms. The second kappa shape index (κ2) is 5.76. The van der Waals surface area contributed by atoms with Gasteiger partial charge in [-0.25, -0.2) is 4.98 Å². The van der Waals surface area contributed by atoms with Crippen LogP contribution in [0.3, 0.4) is 0 Å². The average Bonchev–Trinajstić information content (AvgIpc) is 2.23. The first-order chi connectivity index (χ1) is 7.88. The van der Waals surface area contributed by atoms with Gasteiger partial charge in [-0.15, -0.1) is 0 Å². The molecule has 8 heteroatoms. The van der Waals surface area contributed by atoms with E-state index < -0.39 is 12.6 Å². The summed E-state index contributed by atoms with van der Waals surface area (Å²) in [6.45, 7) is -0.111. The zero-order valence-corrected chi connectivity index (χ0v) is 9.51. The fourth-order valence-corrected chi connectivity index (χ4v) is 1.10. The van der Waals surface area contributed by atoms with Crippen molar-refractivity contribution in [2.75, 3.05) is 6.61 Å². The van der Waals surface area contributed by atoms with Crippen molar-refractivity contribution >= 4 is 17.2 Å². The molecule has 0 saturated heterocycles. The average molecular weight is 265 g/mol. The summed E-state index contributed by atoms with van der Waals surface area (Å²) < 4.78 is 40.4. The van der Waals surface area contributed by atoms with Crippen LogP contribution in [-0.2, 0) is 0 Å². The van der Waals surface area contributed by atoms with Crippen LogP contribution in [0.5, 0.6) is 6.01 Å². The van der Waals surface area contributed by atoms with E-state index in [-0.39, 0.29) is 24.0 Å². The van der Waals surface area contributed by atoms with E-state index in [1.54, 1.807) is 0 Å². The Labute approximate surface area is 101 Å².